The molecule has 0 aromatic heterocycles. The lowest BCUT2D eigenvalue weighted by Crippen LogP contribution is -2.86. The Kier molecular flexibility index (Phi) is 5.41. The molecule has 204 valence electrons. The Bertz CT molecular complexity index is 1240. The maximum absolute atomic E-state index is 14.3. The number of aryl methyl sites for hydroxylation is 1. The molecule has 1 aromatic rings. The molecule has 2 saturated heterocycles. The predicted molar refractivity (Wildman–Crippen MR) is 135 cm³/mol. The van der Waals surface area contributed by atoms with E-state index in [1.54, 1.807) is 24.3 Å². The van der Waals surface area contributed by atoms with Gasteiger partial charge in [0.1, 0.15) is 23.7 Å². The minimum Gasteiger partial charge on any atom is -0.462 e. The summed E-state index contributed by atoms with van der Waals surface area (Å²) in [6.07, 6.45) is -0.902. The number of ether oxygens (including phenoxy) is 3. The number of fused-ring (bicyclic) bond motifs is 2. The van der Waals surface area contributed by atoms with Crippen molar-refractivity contribution in [2.75, 3.05) is 6.61 Å². The Morgan fingerprint density at radius 2 is 1.79 bits per heavy atom. The lowest BCUT2D eigenvalue weighted by Gasteiger charge is -2.74. The van der Waals surface area contributed by atoms with E-state index >= 15 is 0 Å². The highest BCUT2D eigenvalue weighted by Gasteiger charge is 2.88. The summed E-state index contributed by atoms with van der Waals surface area (Å²) in [6.45, 7) is 11.4. The van der Waals surface area contributed by atoms with E-state index in [1.807, 2.05) is 20.8 Å². The highest BCUT2D eigenvalue weighted by Crippen LogP contribution is 2.77. The number of Topliss-reactive ketones (excluding diaryl/α,β-unsaturated/α-hetero) is 1. The summed E-state index contributed by atoms with van der Waals surface area (Å²) in [4.78, 5) is 39.9. The van der Waals surface area contributed by atoms with Crippen LogP contribution in [0.3, 0.4) is 0 Å². The van der Waals surface area contributed by atoms with Crippen molar-refractivity contribution in [3.63, 3.8) is 0 Å². The molecule has 2 spiro atoms. The van der Waals surface area contributed by atoms with Crippen molar-refractivity contribution in [1.29, 1.82) is 0 Å². The molecule has 0 amide bonds. The molecule has 2 aliphatic heterocycles. The van der Waals surface area contributed by atoms with Crippen LogP contribution < -0.4 is 0 Å². The zero-order chi connectivity index (χ0) is 27.4. The standard InChI is InChI=1S/C30H36O8/c1-15-6-8-18(9-7-15)26(34)38-25-19-10-11-20-28-14-36-30(35,29(20,25)23(32)16(19)2)24(33)22(28)27(4,5)13-12-21(28)37-17(3)31/h6-9,19-22,24-25,33,35H,2,10-14H2,1,3-5H3/t19-,20-,21-,22+,24-,25+,28+,29-,30-/m0/s1. The molecule has 1 aromatic carbocycles. The van der Waals surface area contributed by atoms with Gasteiger partial charge in [-0.05, 0) is 61.6 Å². The molecule has 6 fully saturated rings. The Morgan fingerprint density at radius 1 is 1.11 bits per heavy atom. The minimum absolute atomic E-state index is 0.0298. The number of benzene rings is 1. The molecule has 9 atom stereocenters. The average Bonchev–Trinajstić information content (AvgIpc) is 2.97. The van der Waals surface area contributed by atoms with E-state index < -0.39 is 75.8 Å². The second-order valence-electron chi connectivity index (χ2n) is 12.8. The van der Waals surface area contributed by atoms with Gasteiger partial charge < -0.3 is 24.4 Å². The van der Waals surface area contributed by atoms with Crippen LogP contribution in [0, 0.1) is 40.9 Å². The fraction of sp³-hybridized carbons (Fsp3) is 0.633. The van der Waals surface area contributed by atoms with E-state index in [0.717, 1.165) is 5.56 Å². The van der Waals surface area contributed by atoms with Crippen molar-refractivity contribution in [2.45, 2.75) is 77.5 Å². The lowest BCUT2D eigenvalue weighted by atomic mass is 9.35. The van der Waals surface area contributed by atoms with Crippen LogP contribution in [0.5, 0.6) is 0 Å². The maximum atomic E-state index is 14.3. The second-order valence-corrected chi connectivity index (χ2v) is 12.8. The van der Waals surface area contributed by atoms with Gasteiger partial charge in [-0.2, -0.15) is 0 Å². The average molecular weight is 525 g/mol. The van der Waals surface area contributed by atoms with E-state index in [0.29, 0.717) is 31.2 Å². The molecule has 8 heteroatoms. The molecule has 0 unspecified atom stereocenters. The molecule has 2 N–H and O–H groups in total. The molecule has 8 nitrogen and oxygen atoms in total. The van der Waals surface area contributed by atoms with Gasteiger partial charge in [0.25, 0.3) is 0 Å². The van der Waals surface area contributed by atoms with Crippen molar-refractivity contribution >= 4 is 17.7 Å². The first-order valence-corrected chi connectivity index (χ1v) is 13.5. The number of hydrogen-bond donors (Lipinski definition) is 2. The molecule has 0 radical (unpaired) electrons. The largest absolute Gasteiger partial charge is 0.462 e. The van der Waals surface area contributed by atoms with Crippen LogP contribution in [-0.2, 0) is 23.8 Å². The molecule has 38 heavy (non-hydrogen) atoms. The van der Waals surface area contributed by atoms with Crippen LogP contribution in [-0.4, -0.2) is 58.6 Å². The zero-order valence-corrected chi connectivity index (χ0v) is 22.4. The Morgan fingerprint density at radius 3 is 2.45 bits per heavy atom. The van der Waals surface area contributed by atoms with E-state index in [9.17, 15) is 24.6 Å². The number of rotatable bonds is 3. The van der Waals surface area contributed by atoms with E-state index in [4.69, 9.17) is 14.2 Å². The van der Waals surface area contributed by atoms with Gasteiger partial charge in [-0.15, -0.1) is 0 Å². The summed E-state index contributed by atoms with van der Waals surface area (Å²) in [7, 11) is 0. The number of carbonyl (C=O) groups excluding carboxylic acids is 3. The van der Waals surface area contributed by atoms with Crippen LogP contribution in [0.25, 0.3) is 0 Å². The van der Waals surface area contributed by atoms with Crippen molar-refractivity contribution < 1.29 is 38.8 Å². The van der Waals surface area contributed by atoms with E-state index in [1.165, 1.54) is 6.92 Å². The van der Waals surface area contributed by atoms with Crippen LogP contribution >= 0.6 is 0 Å². The number of aliphatic hydroxyl groups is 2. The van der Waals surface area contributed by atoms with Crippen molar-refractivity contribution in [3.8, 4) is 0 Å². The number of ketones is 1. The van der Waals surface area contributed by atoms with Gasteiger partial charge in [-0.1, -0.05) is 38.1 Å². The molecule has 4 bridgehead atoms. The van der Waals surface area contributed by atoms with Gasteiger partial charge in [-0.3, -0.25) is 9.59 Å². The van der Waals surface area contributed by atoms with E-state index in [-0.39, 0.29) is 12.2 Å². The highest BCUT2D eigenvalue weighted by atomic mass is 16.7. The van der Waals surface area contributed by atoms with Crippen molar-refractivity contribution in [3.05, 3.63) is 47.5 Å². The summed E-state index contributed by atoms with van der Waals surface area (Å²) < 4.78 is 18.2. The Labute approximate surface area is 222 Å². The van der Waals surface area contributed by atoms with Gasteiger partial charge in [0.2, 0.25) is 5.79 Å². The number of hydrogen-bond acceptors (Lipinski definition) is 8. The van der Waals surface area contributed by atoms with Crippen molar-refractivity contribution in [2.24, 2.45) is 34.0 Å². The van der Waals surface area contributed by atoms with Gasteiger partial charge in [-0.25, -0.2) is 4.79 Å². The number of carbonyl (C=O) groups is 3. The first-order valence-electron chi connectivity index (χ1n) is 13.5. The molecule has 7 rings (SSSR count). The third kappa shape index (κ3) is 2.89. The molecule has 6 aliphatic rings. The van der Waals surface area contributed by atoms with Crippen LogP contribution in [0.1, 0.15) is 62.4 Å². The van der Waals surface area contributed by atoms with Gasteiger partial charge in [0.15, 0.2) is 5.78 Å². The summed E-state index contributed by atoms with van der Waals surface area (Å²) in [5, 5.41) is 24.3. The summed E-state index contributed by atoms with van der Waals surface area (Å²) in [5.74, 6) is -5.35. The van der Waals surface area contributed by atoms with Crippen LogP contribution in [0.4, 0.5) is 0 Å². The maximum Gasteiger partial charge on any atom is 0.338 e. The summed E-state index contributed by atoms with van der Waals surface area (Å²) >= 11 is 0. The second kappa shape index (κ2) is 7.99. The zero-order valence-electron chi connectivity index (χ0n) is 22.4. The molecular weight excluding hydrogens is 488 g/mol. The molecule has 4 saturated carbocycles. The third-order valence-electron chi connectivity index (χ3n) is 10.6. The lowest BCUT2D eigenvalue weighted by molar-refractivity contribution is -0.457. The SMILES string of the molecule is C=C1C(=O)[C@]23[C@H](OC(=O)c4ccc(C)cc4)[C@H]1CC[C@H]2[C@@]12CO[C@@]3(O)[C@@H](O)[C@@H]1C(C)(C)CC[C@@H]2OC(C)=O. The minimum atomic E-state index is -2.28. The van der Waals surface area contributed by atoms with Crippen LogP contribution in [0.15, 0.2) is 36.4 Å². The monoisotopic (exact) mass is 524 g/mol. The molecular formula is C30H36O8. The smallest absolute Gasteiger partial charge is 0.338 e. The van der Waals surface area contributed by atoms with Gasteiger partial charge in [0, 0.05) is 24.2 Å². The van der Waals surface area contributed by atoms with Gasteiger partial charge >= 0.3 is 11.9 Å². The first kappa shape index (κ1) is 25.7. The number of aliphatic hydroxyl groups excluding tert-OH is 1. The molecule has 4 aliphatic carbocycles. The third-order valence-corrected chi connectivity index (χ3v) is 10.6. The quantitative estimate of drug-likeness (QED) is 0.457. The topological polar surface area (TPSA) is 119 Å². The predicted octanol–water partition coefficient (Wildman–Crippen LogP) is 3.12. The molecule has 2 heterocycles. The summed E-state index contributed by atoms with van der Waals surface area (Å²) in [6, 6.07) is 6.93. The Hall–Kier alpha value is -2.55. The van der Waals surface area contributed by atoms with Crippen molar-refractivity contribution in [1.82, 2.24) is 0 Å². The fourth-order valence-electron chi connectivity index (χ4n) is 9.26. The fourth-order valence-corrected chi connectivity index (χ4v) is 9.26. The summed E-state index contributed by atoms with van der Waals surface area (Å²) in [5.41, 5.74) is -1.55. The first-order chi connectivity index (χ1) is 17.8. The van der Waals surface area contributed by atoms with Gasteiger partial charge in [0.05, 0.1) is 12.2 Å². The Balaban J connectivity index is 1.53. The van der Waals surface area contributed by atoms with Crippen LogP contribution in [0.2, 0.25) is 0 Å². The highest BCUT2D eigenvalue weighted by molar-refractivity contribution is 6.05. The normalized spacial score (nSPS) is 44.3. The van der Waals surface area contributed by atoms with E-state index in [2.05, 4.69) is 6.58 Å². The number of esters is 2.